The molecule has 1 unspecified atom stereocenters. The first-order chi connectivity index (χ1) is 13.5. The van der Waals surface area contributed by atoms with Crippen LogP contribution in [0.25, 0.3) is 16.9 Å². The van der Waals surface area contributed by atoms with E-state index in [2.05, 4.69) is 49.9 Å². The summed E-state index contributed by atoms with van der Waals surface area (Å²) in [4.78, 5) is 7.21. The zero-order chi connectivity index (χ0) is 20.1. The lowest BCUT2D eigenvalue weighted by Gasteiger charge is -2.25. The van der Waals surface area contributed by atoms with E-state index in [0.717, 1.165) is 59.8 Å². The SMILES string of the molecule is CCCN(CCC)c1ccc(-c2cn3cccc(C)c3n2)c(OCC(C)O)c1. The molecule has 150 valence electrons. The minimum Gasteiger partial charge on any atom is -0.490 e. The van der Waals surface area contributed by atoms with Gasteiger partial charge in [-0.2, -0.15) is 0 Å². The third-order valence-corrected chi connectivity index (χ3v) is 4.75. The standard InChI is InChI=1S/C23H31N3O2/c1-5-11-25(12-6-2)19-9-10-20(22(14-19)28-16-18(4)27)21-15-26-13-7-8-17(3)23(26)24-21/h7-10,13-15,18,27H,5-6,11-12,16H2,1-4H3. The predicted octanol–water partition coefficient (Wildman–Crippen LogP) is 4.70. The highest BCUT2D eigenvalue weighted by molar-refractivity contribution is 5.73. The third-order valence-electron chi connectivity index (χ3n) is 4.75. The fraction of sp³-hybridized carbons (Fsp3) is 0.435. The molecule has 0 fully saturated rings. The van der Waals surface area contributed by atoms with Crippen LogP contribution in [-0.2, 0) is 0 Å². The fourth-order valence-corrected chi connectivity index (χ4v) is 3.44. The van der Waals surface area contributed by atoms with E-state index in [1.54, 1.807) is 6.92 Å². The molecule has 28 heavy (non-hydrogen) atoms. The number of imidazole rings is 1. The highest BCUT2D eigenvalue weighted by Crippen LogP contribution is 2.34. The molecule has 2 heterocycles. The number of aliphatic hydroxyl groups is 1. The molecule has 1 N–H and O–H groups in total. The molecular formula is C23H31N3O2. The van der Waals surface area contributed by atoms with Gasteiger partial charge >= 0.3 is 0 Å². The first kappa shape index (κ1) is 20.2. The van der Waals surface area contributed by atoms with Gasteiger partial charge < -0.3 is 19.1 Å². The van der Waals surface area contributed by atoms with E-state index in [-0.39, 0.29) is 6.61 Å². The van der Waals surface area contributed by atoms with Crippen LogP contribution in [0.2, 0.25) is 0 Å². The molecule has 0 radical (unpaired) electrons. The van der Waals surface area contributed by atoms with Gasteiger partial charge in [-0.3, -0.25) is 0 Å². The van der Waals surface area contributed by atoms with Crippen molar-refractivity contribution in [2.75, 3.05) is 24.6 Å². The first-order valence-corrected chi connectivity index (χ1v) is 10.2. The minimum absolute atomic E-state index is 0.254. The summed E-state index contributed by atoms with van der Waals surface area (Å²) in [5.41, 5.74) is 5.04. The van der Waals surface area contributed by atoms with Gasteiger partial charge in [0.1, 0.15) is 18.0 Å². The predicted molar refractivity (Wildman–Crippen MR) is 115 cm³/mol. The van der Waals surface area contributed by atoms with Crippen molar-refractivity contribution in [3.63, 3.8) is 0 Å². The highest BCUT2D eigenvalue weighted by Gasteiger charge is 2.15. The van der Waals surface area contributed by atoms with Crippen LogP contribution in [-0.4, -0.2) is 40.3 Å². The van der Waals surface area contributed by atoms with E-state index < -0.39 is 6.10 Å². The highest BCUT2D eigenvalue weighted by atomic mass is 16.5. The van der Waals surface area contributed by atoms with Crippen LogP contribution in [0.1, 0.15) is 39.2 Å². The second-order valence-corrected chi connectivity index (χ2v) is 7.38. The van der Waals surface area contributed by atoms with Gasteiger partial charge in [0.25, 0.3) is 0 Å². The summed E-state index contributed by atoms with van der Waals surface area (Å²) in [5.74, 6) is 0.761. The Balaban J connectivity index is 2.04. The Morgan fingerprint density at radius 2 is 1.93 bits per heavy atom. The molecule has 3 rings (SSSR count). The smallest absolute Gasteiger partial charge is 0.140 e. The summed E-state index contributed by atoms with van der Waals surface area (Å²) < 4.78 is 8.04. The van der Waals surface area contributed by atoms with Crippen LogP contribution < -0.4 is 9.64 Å². The van der Waals surface area contributed by atoms with Crippen LogP contribution in [0, 0.1) is 6.92 Å². The maximum absolute atomic E-state index is 9.72. The molecular weight excluding hydrogens is 350 g/mol. The molecule has 0 saturated heterocycles. The van der Waals surface area contributed by atoms with Crippen molar-refractivity contribution in [3.05, 3.63) is 48.3 Å². The number of nitrogens with zero attached hydrogens (tertiary/aromatic N) is 3. The van der Waals surface area contributed by atoms with Crippen molar-refractivity contribution in [2.24, 2.45) is 0 Å². The molecule has 0 saturated carbocycles. The Morgan fingerprint density at radius 1 is 1.18 bits per heavy atom. The molecule has 0 bridgehead atoms. The summed E-state index contributed by atoms with van der Waals surface area (Å²) in [5, 5.41) is 9.72. The molecule has 0 amide bonds. The van der Waals surface area contributed by atoms with Gasteiger partial charge in [-0.05, 0) is 50.5 Å². The zero-order valence-electron chi connectivity index (χ0n) is 17.4. The number of aromatic nitrogens is 2. The summed E-state index contributed by atoms with van der Waals surface area (Å²) in [6.45, 7) is 10.5. The summed E-state index contributed by atoms with van der Waals surface area (Å²) in [7, 11) is 0. The van der Waals surface area contributed by atoms with E-state index in [4.69, 9.17) is 9.72 Å². The third kappa shape index (κ3) is 4.47. The van der Waals surface area contributed by atoms with Crippen molar-refractivity contribution in [1.82, 2.24) is 9.38 Å². The molecule has 5 nitrogen and oxygen atoms in total. The summed E-state index contributed by atoms with van der Waals surface area (Å²) in [6.07, 6.45) is 5.70. The Bertz CT molecular complexity index is 911. The molecule has 0 aliphatic rings. The number of hydrogen-bond donors (Lipinski definition) is 1. The van der Waals surface area contributed by atoms with Crippen molar-refractivity contribution in [1.29, 1.82) is 0 Å². The van der Waals surface area contributed by atoms with Crippen LogP contribution in [0.3, 0.4) is 0 Å². The van der Waals surface area contributed by atoms with Gasteiger partial charge in [0.15, 0.2) is 0 Å². The number of ether oxygens (including phenoxy) is 1. The van der Waals surface area contributed by atoms with Gasteiger partial charge in [-0.15, -0.1) is 0 Å². The maximum Gasteiger partial charge on any atom is 0.140 e. The molecule has 1 atom stereocenters. The Hall–Kier alpha value is -2.53. The lowest BCUT2D eigenvalue weighted by Crippen LogP contribution is -2.25. The van der Waals surface area contributed by atoms with Crippen LogP contribution in [0.4, 0.5) is 5.69 Å². The van der Waals surface area contributed by atoms with Crippen LogP contribution in [0.15, 0.2) is 42.7 Å². The number of benzene rings is 1. The quantitative estimate of drug-likeness (QED) is 0.584. The normalized spacial score (nSPS) is 12.3. The van der Waals surface area contributed by atoms with E-state index in [1.807, 2.05) is 22.9 Å². The van der Waals surface area contributed by atoms with E-state index >= 15 is 0 Å². The molecule has 0 spiro atoms. The van der Waals surface area contributed by atoms with E-state index in [1.165, 1.54) is 0 Å². The number of rotatable bonds is 9. The number of pyridine rings is 1. The second kappa shape index (κ2) is 9.11. The van der Waals surface area contributed by atoms with Crippen LogP contribution >= 0.6 is 0 Å². The fourth-order valence-electron chi connectivity index (χ4n) is 3.44. The number of anilines is 1. The number of hydrogen-bond acceptors (Lipinski definition) is 4. The lowest BCUT2D eigenvalue weighted by atomic mass is 10.1. The van der Waals surface area contributed by atoms with Crippen molar-refractivity contribution in [3.8, 4) is 17.0 Å². The largest absolute Gasteiger partial charge is 0.490 e. The Morgan fingerprint density at radius 3 is 2.57 bits per heavy atom. The van der Waals surface area contributed by atoms with Crippen LogP contribution in [0.5, 0.6) is 5.75 Å². The van der Waals surface area contributed by atoms with Gasteiger partial charge in [-0.25, -0.2) is 4.98 Å². The van der Waals surface area contributed by atoms with Gasteiger partial charge in [0.05, 0.1) is 11.8 Å². The Labute approximate surface area is 167 Å². The van der Waals surface area contributed by atoms with E-state index in [0.29, 0.717) is 0 Å². The molecule has 3 aromatic rings. The summed E-state index contributed by atoms with van der Waals surface area (Å²) in [6, 6.07) is 10.4. The average Bonchev–Trinajstić information content (AvgIpc) is 3.11. The van der Waals surface area contributed by atoms with Gasteiger partial charge in [0, 0.05) is 42.8 Å². The zero-order valence-corrected chi connectivity index (χ0v) is 17.4. The molecule has 5 heteroatoms. The minimum atomic E-state index is -0.526. The number of aryl methyl sites for hydroxylation is 1. The molecule has 1 aromatic carbocycles. The lowest BCUT2D eigenvalue weighted by molar-refractivity contribution is 0.123. The van der Waals surface area contributed by atoms with Crippen molar-refractivity contribution >= 4 is 11.3 Å². The monoisotopic (exact) mass is 381 g/mol. The second-order valence-electron chi connectivity index (χ2n) is 7.38. The average molecular weight is 382 g/mol. The Kier molecular flexibility index (Phi) is 6.57. The number of fused-ring (bicyclic) bond motifs is 1. The first-order valence-electron chi connectivity index (χ1n) is 10.2. The van der Waals surface area contributed by atoms with E-state index in [9.17, 15) is 5.11 Å². The van der Waals surface area contributed by atoms with Gasteiger partial charge in [0.2, 0.25) is 0 Å². The van der Waals surface area contributed by atoms with Crippen molar-refractivity contribution in [2.45, 2.75) is 46.6 Å². The number of aliphatic hydroxyl groups excluding tert-OH is 1. The summed E-state index contributed by atoms with van der Waals surface area (Å²) >= 11 is 0. The van der Waals surface area contributed by atoms with Crippen molar-refractivity contribution < 1.29 is 9.84 Å². The molecule has 0 aliphatic heterocycles. The maximum atomic E-state index is 9.72. The van der Waals surface area contributed by atoms with Gasteiger partial charge in [-0.1, -0.05) is 19.9 Å². The topological polar surface area (TPSA) is 50.0 Å². The molecule has 0 aliphatic carbocycles. The molecule has 2 aromatic heterocycles.